The number of carbonyl (C=O) groups excluding carboxylic acids is 1. The lowest BCUT2D eigenvalue weighted by molar-refractivity contribution is -0.172. The molecule has 7 heteroatoms. The van der Waals surface area contributed by atoms with Crippen LogP contribution in [0, 0.1) is 0 Å². The van der Waals surface area contributed by atoms with Crippen molar-refractivity contribution in [1.82, 2.24) is 0 Å². The van der Waals surface area contributed by atoms with Gasteiger partial charge >= 0.3 is 5.97 Å². The summed E-state index contributed by atoms with van der Waals surface area (Å²) >= 11 is 0. The van der Waals surface area contributed by atoms with Crippen LogP contribution in [0.4, 0.5) is 0 Å². The second-order valence-electron chi connectivity index (χ2n) is 6.65. The Labute approximate surface area is 163 Å². The largest absolute Gasteiger partial charge is 0.497 e. The van der Waals surface area contributed by atoms with Crippen LogP contribution in [-0.4, -0.2) is 33.4 Å². The van der Waals surface area contributed by atoms with Crippen LogP contribution in [0.1, 0.15) is 35.8 Å². The van der Waals surface area contributed by atoms with Crippen LogP contribution in [0.25, 0.3) is 0 Å². The van der Waals surface area contributed by atoms with Gasteiger partial charge in [-0.15, -0.1) is 0 Å². The van der Waals surface area contributed by atoms with Gasteiger partial charge in [0.2, 0.25) is 0 Å². The smallest absolute Gasteiger partial charge is 0.303 e. The normalized spacial score (nSPS) is 22.1. The van der Waals surface area contributed by atoms with E-state index in [1.807, 2.05) is 24.3 Å². The van der Waals surface area contributed by atoms with Crippen LogP contribution < -0.4 is 18.9 Å². The van der Waals surface area contributed by atoms with Gasteiger partial charge in [0.05, 0.1) is 27.9 Å². The molecule has 28 heavy (non-hydrogen) atoms. The van der Waals surface area contributed by atoms with Crippen molar-refractivity contribution in [2.45, 2.75) is 31.8 Å². The first-order valence-corrected chi connectivity index (χ1v) is 8.94. The number of esters is 1. The third-order valence-corrected chi connectivity index (χ3v) is 5.05. The molecule has 0 aliphatic carbocycles. The topological polar surface area (TPSA) is 72.5 Å². The van der Waals surface area contributed by atoms with Gasteiger partial charge in [-0.25, -0.2) is 0 Å². The van der Waals surface area contributed by atoms with Gasteiger partial charge in [0.15, 0.2) is 23.7 Å². The van der Waals surface area contributed by atoms with Crippen molar-refractivity contribution < 1.29 is 33.2 Å². The van der Waals surface area contributed by atoms with E-state index >= 15 is 0 Å². The van der Waals surface area contributed by atoms with Crippen molar-refractivity contribution in [2.75, 3.05) is 21.3 Å². The Morgan fingerprint density at radius 3 is 2.43 bits per heavy atom. The molecule has 0 aromatic heterocycles. The van der Waals surface area contributed by atoms with Crippen LogP contribution in [0.15, 0.2) is 30.3 Å². The molecule has 0 saturated heterocycles. The van der Waals surface area contributed by atoms with Gasteiger partial charge in [-0.2, -0.15) is 0 Å². The minimum atomic E-state index is -0.585. The fraction of sp³-hybridized carbons (Fsp3) is 0.381. The fourth-order valence-electron chi connectivity index (χ4n) is 3.76. The van der Waals surface area contributed by atoms with Gasteiger partial charge < -0.3 is 28.4 Å². The lowest BCUT2D eigenvalue weighted by Crippen LogP contribution is -2.41. The maximum absolute atomic E-state index is 11.8. The number of benzene rings is 2. The number of ether oxygens (including phenoxy) is 6. The number of carbonyl (C=O) groups is 1. The summed E-state index contributed by atoms with van der Waals surface area (Å²) in [5.41, 5.74) is 2.60. The highest BCUT2D eigenvalue weighted by molar-refractivity contribution is 5.67. The van der Waals surface area contributed by atoms with Crippen molar-refractivity contribution in [3.8, 4) is 23.0 Å². The maximum atomic E-state index is 11.8. The molecule has 2 aromatic carbocycles. The van der Waals surface area contributed by atoms with Gasteiger partial charge in [0, 0.05) is 24.1 Å². The molecule has 0 radical (unpaired) electrons. The zero-order chi connectivity index (χ0) is 19.8. The number of methoxy groups -OCH3 is 3. The first-order chi connectivity index (χ1) is 13.5. The van der Waals surface area contributed by atoms with E-state index in [1.165, 1.54) is 6.92 Å². The minimum Gasteiger partial charge on any atom is -0.497 e. The second-order valence-corrected chi connectivity index (χ2v) is 6.65. The summed E-state index contributed by atoms with van der Waals surface area (Å²) < 4.78 is 34.2. The molecule has 0 amide bonds. The molecule has 2 aliphatic rings. The first kappa shape index (κ1) is 18.4. The van der Waals surface area contributed by atoms with Crippen molar-refractivity contribution >= 4 is 5.97 Å². The lowest BCUT2D eigenvalue weighted by atomic mass is 9.87. The number of rotatable bonds is 4. The molecule has 3 unspecified atom stereocenters. The van der Waals surface area contributed by atoms with E-state index in [-0.39, 0.29) is 5.97 Å². The summed E-state index contributed by atoms with van der Waals surface area (Å²) in [5.74, 6) is 2.10. The summed E-state index contributed by atoms with van der Waals surface area (Å²) in [7, 11) is 4.77. The highest BCUT2D eigenvalue weighted by Crippen LogP contribution is 2.49. The van der Waals surface area contributed by atoms with Gasteiger partial charge in [0.25, 0.3) is 0 Å². The molecule has 0 spiro atoms. The summed E-state index contributed by atoms with van der Waals surface area (Å²) in [4.78, 5) is 11.8. The van der Waals surface area contributed by atoms with Crippen molar-refractivity contribution in [3.05, 3.63) is 47.0 Å². The van der Waals surface area contributed by atoms with Crippen LogP contribution in [0.3, 0.4) is 0 Å². The summed E-state index contributed by atoms with van der Waals surface area (Å²) in [5, 5.41) is 0. The van der Waals surface area contributed by atoms with Crippen molar-refractivity contribution in [1.29, 1.82) is 0 Å². The Hall–Kier alpha value is -2.93. The van der Waals surface area contributed by atoms with Gasteiger partial charge in [-0.3, -0.25) is 4.79 Å². The van der Waals surface area contributed by atoms with E-state index < -0.39 is 18.3 Å². The Morgan fingerprint density at radius 1 is 1.00 bits per heavy atom. The Bertz CT molecular complexity index is 908. The molecule has 2 heterocycles. The molecule has 4 rings (SSSR count). The summed E-state index contributed by atoms with van der Waals surface area (Å²) in [6, 6.07) is 9.21. The van der Waals surface area contributed by atoms with Gasteiger partial charge in [-0.05, 0) is 29.8 Å². The molecule has 0 fully saturated rings. The van der Waals surface area contributed by atoms with Crippen LogP contribution >= 0.6 is 0 Å². The van der Waals surface area contributed by atoms with E-state index in [2.05, 4.69) is 0 Å². The monoisotopic (exact) mass is 386 g/mol. The third kappa shape index (κ3) is 3.01. The van der Waals surface area contributed by atoms with Crippen LogP contribution in [-0.2, 0) is 20.9 Å². The third-order valence-electron chi connectivity index (χ3n) is 5.05. The SMILES string of the molecule is COc1ccc2c(c1)OC1c3cc(OC)c(OC)cc3COC1C2OC(C)=O. The Kier molecular flexibility index (Phi) is 4.77. The summed E-state index contributed by atoms with van der Waals surface area (Å²) in [6.07, 6.45) is -1.53. The predicted octanol–water partition coefficient (Wildman–Crippen LogP) is 3.35. The number of fused-ring (bicyclic) bond motifs is 4. The standard InChI is InChI=1S/C21H22O7/c1-11(22)27-19-14-6-5-13(23-2)8-16(14)28-20-15-9-18(25-4)17(24-3)7-12(15)10-26-21(19)20/h5-9,19-21H,10H2,1-4H3. The quantitative estimate of drug-likeness (QED) is 0.746. The minimum absolute atomic E-state index is 0.351. The Balaban J connectivity index is 1.82. The zero-order valence-electron chi connectivity index (χ0n) is 16.2. The molecule has 0 bridgehead atoms. The average Bonchev–Trinajstić information content (AvgIpc) is 2.71. The molecule has 148 valence electrons. The predicted molar refractivity (Wildman–Crippen MR) is 99.0 cm³/mol. The van der Waals surface area contributed by atoms with Crippen LogP contribution in [0.2, 0.25) is 0 Å². The summed E-state index contributed by atoms with van der Waals surface area (Å²) in [6.45, 7) is 1.74. The molecule has 2 aromatic rings. The number of hydrogen-bond acceptors (Lipinski definition) is 7. The first-order valence-electron chi connectivity index (χ1n) is 8.94. The van der Waals surface area contributed by atoms with Crippen LogP contribution in [0.5, 0.6) is 23.0 Å². The highest BCUT2D eigenvalue weighted by Gasteiger charge is 2.45. The molecule has 0 N–H and O–H groups in total. The van der Waals surface area contributed by atoms with E-state index in [4.69, 9.17) is 28.4 Å². The van der Waals surface area contributed by atoms with E-state index in [0.717, 1.165) is 16.7 Å². The van der Waals surface area contributed by atoms with Gasteiger partial charge in [-0.1, -0.05) is 0 Å². The molecule has 2 aliphatic heterocycles. The number of hydrogen-bond donors (Lipinski definition) is 0. The zero-order valence-corrected chi connectivity index (χ0v) is 16.2. The lowest BCUT2D eigenvalue weighted by Gasteiger charge is -2.42. The molecular formula is C21H22O7. The van der Waals surface area contributed by atoms with E-state index in [9.17, 15) is 4.79 Å². The van der Waals surface area contributed by atoms with Gasteiger partial charge in [0.1, 0.15) is 17.6 Å². The van der Waals surface area contributed by atoms with Crippen molar-refractivity contribution in [2.24, 2.45) is 0 Å². The van der Waals surface area contributed by atoms with Crippen molar-refractivity contribution in [3.63, 3.8) is 0 Å². The average molecular weight is 386 g/mol. The Morgan fingerprint density at radius 2 is 1.75 bits per heavy atom. The second kappa shape index (κ2) is 7.24. The maximum Gasteiger partial charge on any atom is 0.303 e. The van der Waals surface area contributed by atoms with E-state index in [1.54, 1.807) is 27.4 Å². The fourth-order valence-corrected chi connectivity index (χ4v) is 3.76. The molecule has 3 atom stereocenters. The highest BCUT2D eigenvalue weighted by atomic mass is 16.6. The molecule has 7 nitrogen and oxygen atoms in total. The molecule has 0 saturated carbocycles. The van der Waals surface area contributed by atoms with E-state index in [0.29, 0.717) is 29.6 Å². The molecular weight excluding hydrogens is 364 g/mol.